The Morgan fingerprint density at radius 2 is 1.92 bits per heavy atom. The molecule has 0 aliphatic carbocycles. The van der Waals surface area contributed by atoms with Crippen LogP contribution in [0.5, 0.6) is 0 Å². The summed E-state index contributed by atoms with van der Waals surface area (Å²) < 4.78 is 10.8. The lowest BCUT2D eigenvalue weighted by atomic mass is 9.95. The lowest BCUT2D eigenvalue weighted by Gasteiger charge is -2.31. The van der Waals surface area contributed by atoms with Crippen molar-refractivity contribution < 1.29 is 14.1 Å². The summed E-state index contributed by atoms with van der Waals surface area (Å²) in [6, 6.07) is 9.83. The Bertz CT molecular complexity index is 687. The molecular weight excluding hydrogens is 306 g/mol. The number of carbonyl (C=O) groups is 1. The maximum absolute atomic E-state index is 12.4. The van der Waals surface area contributed by atoms with Gasteiger partial charge in [0.05, 0.1) is 12.5 Å². The van der Waals surface area contributed by atoms with Crippen molar-refractivity contribution in [2.75, 3.05) is 26.3 Å². The highest BCUT2D eigenvalue weighted by molar-refractivity contribution is 5.79. The van der Waals surface area contributed by atoms with Crippen molar-refractivity contribution in [2.45, 2.75) is 25.2 Å². The molecule has 6 nitrogen and oxygen atoms in total. The van der Waals surface area contributed by atoms with Crippen LogP contribution in [0.3, 0.4) is 0 Å². The van der Waals surface area contributed by atoms with Crippen molar-refractivity contribution in [3.63, 3.8) is 0 Å². The largest absolute Gasteiger partial charge is 0.381 e. The number of amides is 1. The molecule has 2 aliphatic rings. The number of piperidine rings is 1. The molecule has 6 heteroatoms. The molecule has 1 aromatic carbocycles. The Morgan fingerprint density at radius 1 is 1.12 bits per heavy atom. The van der Waals surface area contributed by atoms with Gasteiger partial charge in [0.2, 0.25) is 17.6 Å². The van der Waals surface area contributed by atoms with Crippen LogP contribution in [0, 0.1) is 5.92 Å². The average molecular weight is 327 g/mol. The molecule has 1 amide bonds. The van der Waals surface area contributed by atoms with Gasteiger partial charge in [0.15, 0.2) is 0 Å². The Balaban J connectivity index is 1.38. The summed E-state index contributed by atoms with van der Waals surface area (Å²) >= 11 is 0. The number of likely N-dealkylation sites (tertiary alicyclic amines) is 1. The Hall–Kier alpha value is -2.21. The summed E-state index contributed by atoms with van der Waals surface area (Å²) in [5.41, 5.74) is 0.960. The molecule has 0 spiro atoms. The highest BCUT2D eigenvalue weighted by Crippen LogP contribution is 2.29. The van der Waals surface area contributed by atoms with Crippen molar-refractivity contribution in [1.82, 2.24) is 15.0 Å². The zero-order valence-corrected chi connectivity index (χ0v) is 13.6. The maximum atomic E-state index is 12.4. The number of rotatable bonds is 3. The van der Waals surface area contributed by atoms with Crippen LogP contribution >= 0.6 is 0 Å². The zero-order chi connectivity index (χ0) is 16.4. The average Bonchev–Trinajstić information content (AvgIpc) is 3.34. The van der Waals surface area contributed by atoms with Gasteiger partial charge in [0.25, 0.3) is 0 Å². The molecule has 2 aromatic rings. The molecule has 0 saturated carbocycles. The molecule has 1 aromatic heterocycles. The van der Waals surface area contributed by atoms with Crippen LogP contribution in [0.2, 0.25) is 0 Å². The predicted molar refractivity (Wildman–Crippen MR) is 87.2 cm³/mol. The second kappa shape index (κ2) is 6.73. The molecule has 126 valence electrons. The van der Waals surface area contributed by atoms with E-state index in [0.29, 0.717) is 24.9 Å². The first-order valence-electron chi connectivity index (χ1n) is 8.57. The van der Waals surface area contributed by atoms with E-state index in [1.807, 2.05) is 35.2 Å². The first-order chi connectivity index (χ1) is 11.8. The van der Waals surface area contributed by atoms with Gasteiger partial charge in [-0.3, -0.25) is 4.79 Å². The van der Waals surface area contributed by atoms with Gasteiger partial charge in [-0.15, -0.1) is 0 Å². The molecule has 0 bridgehead atoms. The predicted octanol–water partition coefficient (Wildman–Crippen LogP) is 2.48. The fraction of sp³-hybridized carbons (Fsp3) is 0.500. The minimum absolute atomic E-state index is 0.0506. The summed E-state index contributed by atoms with van der Waals surface area (Å²) in [6.45, 7) is 2.78. The van der Waals surface area contributed by atoms with Gasteiger partial charge in [0, 0.05) is 31.2 Å². The van der Waals surface area contributed by atoms with Gasteiger partial charge in [-0.25, -0.2) is 0 Å². The van der Waals surface area contributed by atoms with E-state index in [1.165, 1.54) is 0 Å². The van der Waals surface area contributed by atoms with E-state index in [0.717, 1.165) is 37.9 Å². The highest BCUT2D eigenvalue weighted by atomic mass is 16.5. The molecule has 0 N–H and O–H groups in total. The minimum atomic E-state index is 0.0506. The van der Waals surface area contributed by atoms with E-state index >= 15 is 0 Å². The lowest BCUT2D eigenvalue weighted by Crippen LogP contribution is -2.41. The van der Waals surface area contributed by atoms with Gasteiger partial charge in [0.1, 0.15) is 0 Å². The number of aromatic nitrogens is 2. The first kappa shape index (κ1) is 15.3. The summed E-state index contributed by atoms with van der Waals surface area (Å²) in [5, 5.41) is 4.10. The standard InChI is InChI=1S/C18H21N3O3/c22-18(15-8-11-23-12-15)21-9-6-14(7-10-21)17-19-16(20-24-17)13-4-2-1-3-5-13/h1-5,14-15H,6-12H2/t15-/m1/s1. The van der Waals surface area contributed by atoms with Crippen LogP contribution in [0.1, 0.15) is 31.1 Å². The van der Waals surface area contributed by atoms with Crippen LogP contribution < -0.4 is 0 Å². The van der Waals surface area contributed by atoms with E-state index in [2.05, 4.69) is 10.1 Å². The molecule has 0 unspecified atom stereocenters. The van der Waals surface area contributed by atoms with E-state index in [4.69, 9.17) is 9.26 Å². The second-order valence-corrected chi connectivity index (χ2v) is 6.48. The van der Waals surface area contributed by atoms with Crippen LogP contribution in [-0.4, -0.2) is 47.3 Å². The second-order valence-electron chi connectivity index (χ2n) is 6.48. The number of hydrogen-bond donors (Lipinski definition) is 0. The zero-order valence-electron chi connectivity index (χ0n) is 13.6. The molecule has 3 heterocycles. The summed E-state index contributed by atoms with van der Waals surface area (Å²) in [7, 11) is 0. The molecular formula is C18H21N3O3. The first-order valence-corrected chi connectivity index (χ1v) is 8.57. The molecule has 2 saturated heterocycles. The van der Waals surface area contributed by atoms with Gasteiger partial charge in [-0.2, -0.15) is 4.98 Å². The Kier molecular flexibility index (Phi) is 4.30. The summed E-state index contributed by atoms with van der Waals surface area (Å²) in [4.78, 5) is 18.9. The topological polar surface area (TPSA) is 68.5 Å². The SMILES string of the molecule is O=C([C@@H]1CCOC1)N1CCC(c2nc(-c3ccccc3)no2)CC1. The maximum Gasteiger partial charge on any atom is 0.230 e. The van der Waals surface area contributed by atoms with Gasteiger partial charge >= 0.3 is 0 Å². The lowest BCUT2D eigenvalue weighted by molar-refractivity contribution is -0.136. The quantitative estimate of drug-likeness (QED) is 0.866. The molecule has 24 heavy (non-hydrogen) atoms. The van der Waals surface area contributed by atoms with E-state index < -0.39 is 0 Å². The van der Waals surface area contributed by atoms with Gasteiger partial charge in [-0.05, 0) is 19.3 Å². The molecule has 1 atom stereocenters. The number of carbonyl (C=O) groups excluding carboxylic acids is 1. The fourth-order valence-electron chi connectivity index (χ4n) is 3.44. The minimum Gasteiger partial charge on any atom is -0.381 e. The van der Waals surface area contributed by atoms with Crippen LogP contribution in [0.4, 0.5) is 0 Å². The molecule has 2 aliphatic heterocycles. The smallest absolute Gasteiger partial charge is 0.230 e. The van der Waals surface area contributed by atoms with Crippen molar-refractivity contribution in [2.24, 2.45) is 5.92 Å². The number of nitrogens with zero attached hydrogens (tertiary/aromatic N) is 3. The van der Waals surface area contributed by atoms with Gasteiger partial charge in [-0.1, -0.05) is 35.5 Å². The van der Waals surface area contributed by atoms with Crippen LogP contribution in [-0.2, 0) is 9.53 Å². The molecule has 2 fully saturated rings. The normalized spacial score (nSPS) is 22.0. The van der Waals surface area contributed by atoms with Crippen LogP contribution in [0.25, 0.3) is 11.4 Å². The number of benzene rings is 1. The summed E-state index contributed by atoms with van der Waals surface area (Å²) in [6.07, 6.45) is 2.59. The molecule has 0 radical (unpaired) electrons. The van der Waals surface area contributed by atoms with E-state index in [9.17, 15) is 4.79 Å². The Morgan fingerprint density at radius 3 is 2.62 bits per heavy atom. The fourth-order valence-corrected chi connectivity index (χ4v) is 3.44. The van der Waals surface area contributed by atoms with Gasteiger partial charge < -0.3 is 14.2 Å². The third kappa shape index (κ3) is 3.06. The third-order valence-electron chi connectivity index (χ3n) is 4.91. The van der Waals surface area contributed by atoms with Crippen molar-refractivity contribution in [3.8, 4) is 11.4 Å². The van der Waals surface area contributed by atoms with Crippen molar-refractivity contribution in [1.29, 1.82) is 0 Å². The van der Waals surface area contributed by atoms with Crippen molar-refractivity contribution in [3.05, 3.63) is 36.2 Å². The Labute approximate surface area is 140 Å². The highest BCUT2D eigenvalue weighted by Gasteiger charge is 2.32. The monoisotopic (exact) mass is 327 g/mol. The van der Waals surface area contributed by atoms with Crippen LogP contribution in [0.15, 0.2) is 34.9 Å². The number of hydrogen-bond acceptors (Lipinski definition) is 5. The van der Waals surface area contributed by atoms with E-state index in [-0.39, 0.29) is 17.7 Å². The van der Waals surface area contributed by atoms with E-state index in [1.54, 1.807) is 0 Å². The molecule has 4 rings (SSSR count). The summed E-state index contributed by atoms with van der Waals surface area (Å²) in [5.74, 6) is 1.84. The van der Waals surface area contributed by atoms with Crippen molar-refractivity contribution >= 4 is 5.91 Å². The third-order valence-corrected chi connectivity index (χ3v) is 4.91. The number of ether oxygens (including phenoxy) is 1.